The Labute approximate surface area is 104 Å². The van der Waals surface area contributed by atoms with Gasteiger partial charge in [-0.15, -0.1) is 0 Å². The molecule has 0 aliphatic rings. The molecule has 0 bridgehead atoms. The van der Waals surface area contributed by atoms with Crippen LogP contribution in [0.15, 0.2) is 18.3 Å². The summed E-state index contributed by atoms with van der Waals surface area (Å²) >= 11 is 5.58. The second kappa shape index (κ2) is 5.14. The third-order valence-electron chi connectivity index (χ3n) is 1.84. The fraction of sp³-hybridized carbons (Fsp3) is 0.364. The van der Waals surface area contributed by atoms with Crippen LogP contribution < -0.4 is 5.48 Å². The lowest BCUT2D eigenvalue weighted by atomic mass is 9.98. The molecular formula is C11H13ClN2O3. The molecule has 0 fully saturated rings. The molecule has 0 unspecified atom stereocenters. The summed E-state index contributed by atoms with van der Waals surface area (Å²) in [6.45, 7) is 5.06. The summed E-state index contributed by atoms with van der Waals surface area (Å²) in [4.78, 5) is 31.3. The number of carbonyl (C=O) groups excluding carboxylic acids is 2. The summed E-state index contributed by atoms with van der Waals surface area (Å²) in [7, 11) is 0. The molecule has 0 atom stereocenters. The SMILES string of the molecule is CC(C)(C)C(=O)ONC(=O)c1ccc(Cl)nc1. The van der Waals surface area contributed by atoms with Crippen molar-refractivity contribution in [2.75, 3.05) is 0 Å². The van der Waals surface area contributed by atoms with Crippen LogP contribution in [-0.2, 0) is 9.63 Å². The first kappa shape index (κ1) is 13.4. The van der Waals surface area contributed by atoms with Crippen molar-refractivity contribution in [1.82, 2.24) is 10.5 Å². The number of rotatable bonds is 1. The highest BCUT2D eigenvalue weighted by Gasteiger charge is 2.24. The Kier molecular flexibility index (Phi) is 4.07. The van der Waals surface area contributed by atoms with E-state index in [0.717, 1.165) is 0 Å². The molecule has 0 saturated carbocycles. The van der Waals surface area contributed by atoms with E-state index in [0.29, 0.717) is 0 Å². The largest absolute Gasteiger partial charge is 0.340 e. The molecule has 1 aromatic rings. The lowest BCUT2D eigenvalue weighted by molar-refractivity contribution is -0.158. The Bertz CT molecular complexity index is 423. The molecule has 1 aromatic heterocycles. The standard InChI is InChI=1S/C11H13ClN2O3/c1-11(2,3)10(16)17-14-9(15)7-4-5-8(12)13-6-7/h4-6H,1-3H3,(H,14,15). The van der Waals surface area contributed by atoms with Gasteiger partial charge in [0.25, 0.3) is 5.91 Å². The van der Waals surface area contributed by atoms with Gasteiger partial charge in [-0.05, 0) is 32.9 Å². The van der Waals surface area contributed by atoms with E-state index in [-0.39, 0.29) is 10.7 Å². The molecule has 0 saturated heterocycles. The lowest BCUT2D eigenvalue weighted by Crippen LogP contribution is -2.33. The predicted molar refractivity (Wildman–Crippen MR) is 62.3 cm³/mol. The highest BCUT2D eigenvalue weighted by Crippen LogP contribution is 2.14. The van der Waals surface area contributed by atoms with Crippen LogP contribution in [0, 0.1) is 5.41 Å². The maximum Gasteiger partial charge on any atom is 0.337 e. The van der Waals surface area contributed by atoms with Crippen LogP contribution in [0.2, 0.25) is 5.15 Å². The minimum atomic E-state index is -0.675. The number of pyridine rings is 1. The molecule has 0 radical (unpaired) electrons. The van der Waals surface area contributed by atoms with Gasteiger partial charge in [-0.1, -0.05) is 11.6 Å². The van der Waals surface area contributed by atoms with E-state index in [4.69, 9.17) is 11.6 Å². The van der Waals surface area contributed by atoms with Gasteiger partial charge in [0.05, 0.1) is 11.0 Å². The van der Waals surface area contributed by atoms with Gasteiger partial charge in [0.1, 0.15) is 5.15 Å². The summed E-state index contributed by atoms with van der Waals surface area (Å²) in [5.74, 6) is -1.07. The average Bonchev–Trinajstić information content (AvgIpc) is 2.25. The Balaban J connectivity index is 2.56. The number of halogens is 1. The number of nitrogens with one attached hydrogen (secondary N) is 1. The first-order valence-corrected chi connectivity index (χ1v) is 5.31. The molecule has 0 spiro atoms. The van der Waals surface area contributed by atoms with Crippen LogP contribution in [0.3, 0.4) is 0 Å². The molecule has 1 rings (SSSR count). The van der Waals surface area contributed by atoms with Crippen molar-refractivity contribution in [3.05, 3.63) is 29.0 Å². The third-order valence-corrected chi connectivity index (χ3v) is 2.06. The van der Waals surface area contributed by atoms with Crippen LogP contribution in [0.25, 0.3) is 0 Å². The van der Waals surface area contributed by atoms with Gasteiger partial charge in [0, 0.05) is 6.20 Å². The van der Waals surface area contributed by atoms with Crippen molar-refractivity contribution in [1.29, 1.82) is 0 Å². The zero-order chi connectivity index (χ0) is 13.1. The first-order valence-electron chi connectivity index (χ1n) is 4.94. The lowest BCUT2D eigenvalue weighted by Gasteiger charge is -2.15. The van der Waals surface area contributed by atoms with Crippen LogP contribution in [-0.4, -0.2) is 16.9 Å². The zero-order valence-electron chi connectivity index (χ0n) is 9.78. The zero-order valence-corrected chi connectivity index (χ0v) is 10.5. The van der Waals surface area contributed by atoms with E-state index in [1.165, 1.54) is 18.3 Å². The fourth-order valence-electron chi connectivity index (χ4n) is 0.815. The van der Waals surface area contributed by atoms with E-state index >= 15 is 0 Å². The smallest absolute Gasteiger partial charge is 0.337 e. The summed E-state index contributed by atoms with van der Waals surface area (Å²) in [6, 6.07) is 2.96. The van der Waals surface area contributed by atoms with Crippen LogP contribution in [0.4, 0.5) is 0 Å². The van der Waals surface area contributed by atoms with E-state index in [9.17, 15) is 9.59 Å². The molecule has 92 valence electrons. The van der Waals surface area contributed by atoms with Gasteiger partial charge in [0.15, 0.2) is 0 Å². The molecule has 1 amide bonds. The Morgan fingerprint density at radius 1 is 1.35 bits per heavy atom. The molecule has 5 nitrogen and oxygen atoms in total. The number of nitrogens with zero attached hydrogens (tertiary/aromatic N) is 1. The van der Waals surface area contributed by atoms with Crippen LogP contribution in [0.1, 0.15) is 31.1 Å². The second-order valence-electron chi connectivity index (χ2n) is 4.44. The monoisotopic (exact) mass is 256 g/mol. The van der Waals surface area contributed by atoms with Crippen molar-refractivity contribution in [2.45, 2.75) is 20.8 Å². The van der Waals surface area contributed by atoms with Crippen molar-refractivity contribution in [3.8, 4) is 0 Å². The second-order valence-corrected chi connectivity index (χ2v) is 4.83. The van der Waals surface area contributed by atoms with Gasteiger partial charge >= 0.3 is 5.97 Å². The maximum absolute atomic E-state index is 11.5. The minimum absolute atomic E-state index is 0.260. The number of amides is 1. The van der Waals surface area contributed by atoms with E-state index in [2.05, 4.69) is 15.3 Å². The quantitative estimate of drug-likeness (QED) is 0.616. The van der Waals surface area contributed by atoms with Gasteiger partial charge in [-0.25, -0.2) is 9.78 Å². The van der Waals surface area contributed by atoms with E-state index in [1.54, 1.807) is 20.8 Å². The average molecular weight is 257 g/mol. The fourth-order valence-corrected chi connectivity index (χ4v) is 0.927. The van der Waals surface area contributed by atoms with Crippen molar-refractivity contribution < 1.29 is 14.4 Å². The highest BCUT2D eigenvalue weighted by molar-refractivity contribution is 6.29. The molecule has 0 aromatic carbocycles. The molecule has 0 aliphatic carbocycles. The highest BCUT2D eigenvalue weighted by atomic mass is 35.5. The van der Waals surface area contributed by atoms with Crippen molar-refractivity contribution in [2.24, 2.45) is 5.41 Å². The van der Waals surface area contributed by atoms with Crippen molar-refractivity contribution in [3.63, 3.8) is 0 Å². The minimum Gasteiger partial charge on any atom is -0.340 e. The molecule has 1 heterocycles. The number of hydrogen-bond acceptors (Lipinski definition) is 4. The number of carbonyl (C=O) groups is 2. The molecule has 1 N–H and O–H groups in total. The Hall–Kier alpha value is -1.62. The Morgan fingerprint density at radius 2 is 2.00 bits per heavy atom. The van der Waals surface area contributed by atoms with E-state index < -0.39 is 17.3 Å². The molecule has 17 heavy (non-hydrogen) atoms. The first-order chi connectivity index (χ1) is 7.80. The third kappa shape index (κ3) is 4.03. The summed E-state index contributed by atoms with van der Waals surface area (Å²) in [6.07, 6.45) is 1.29. The number of aromatic nitrogens is 1. The van der Waals surface area contributed by atoms with Crippen LogP contribution in [0.5, 0.6) is 0 Å². The normalized spacial score (nSPS) is 10.8. The van der Waals surface area contributed by atoms with E-state index in [1.807, 2.05) is 0 Å². The number of hydroxylamine groups is 1. The van der Waals surface area contributed by atoms with Gasteiger partial charge in [-0.2, -0.15) is 5.48 Å². The van der Waals surface area contributed by atoms with Gasteiger partial charge in [0.2, 0.25) is 0 Å². The maximum atomic E-state index is 11.5. The number of hydrogen-bond donors (Lipinski definition) is 1. The molecule has 0 aliphatic heterocycles. The molecular weight excluding hydrogens is 244 g/mol. The van der Waals surface area contributed by atoms with Gasteiger partial charge in [-0.3, -0.25) is 4.79 Å². The molecule has 6 heteroatoms. The Morgan fingerprint density at radius 3 is 2.47 bits per heavy atom. The van der Waals surface area contributed by atoms with Crippen molar-refractivity contribution >= 4 is 23.5 Å². The summed E-state index contributed by atoms with van der Waals surface area (Å²) in [5, 5.41) is 0.285. The summed E-state index contributed by atoms with van der Waals surface area (Å²) in [5.41, 5.74) is 1.64. The predicted octanol–water partition coefficient (Wildman–Crippen LogP) is 1.97. The topological polar surface area (TPSA) is 68.3 Å². The summed E-state index contributed by atoms with van der Waals surface area (Å²) < 4.78 is 0. The van der Waals surface area contributed by atoms with Crippen LogP contribution >= 0.6 is 11.6 Å². The van der Waals surface area contributed by atoms with Gasteiger partial charge < -0.3 is 4.84 Å².